The number of methoxy groups -OCH3 is 1. The quantitative estimate of drug-likeness (QED) is 0.309. The Morgan fingerprint density at radius 1 is 0.970 bits per heavy atom. The number of carbonyl (C=O) groups excluding carboxylic acids is 2. The smallest absolute Gasteiger partial charge is 0.295 e. The average Bonchev–Trinajstić information content (AvgIpc) is 3.10. The predicted molar refractivity (Wildman–Crippen MR) is 127 cm³/mol. The fourth-order valence-electron chi connectivity index (χ4n) is 4.20. The number of ketones is 1. The second kappa shape index (κ2) is 9.88. The monoisotopic (exact) mass is 445 g/mol. The molecule has 0 aromatic heterocycles. The molecule has 3 aromatic carbocycles. The van der Waals surface area contributed by atoms with Gasteiger partial charge < -0.3 is 19.5 Å². The van der Waals surface area contributed by atoms with Crippen LogP contribution in [0.2, 0.25) is 0 Å². The van der Waals surface area contributed by atoms with Crippen LogP contribution < -0.4 is 4.74 Å². The topological polar surface area (TPSA) is 76.1 Å². The molecular formula is C27H27NO5. The summed E-state index contributed by atoms with van der Waals surface area (Å²) in [6, 6.07) is 19.7. The number of aliphatic hydroxyl groups excluding tert-OH is 1. The summed E-state index contributed by atoms with van der Waals surface area (Å²) in [5, 5.41) is 13.1. The zero-order valence-electron chi connectivity index (χ0n) is 18.8. The largest absolute Gasteiger partial charge is 0.507 e. The first-order valence-corrected chi connectivity index (χ1v) is 11.0. The van der Waals surface area contributed by atoms with Gasteiger partial charge in [-0.05, 0) is 47.0 Å². The Morgan fingerprint density at radius 3 is 2.42 bits per heavy atom. The molecule has 3 aromatic rings. The van der Waals surface area contributed by atoms with E-state index < -0.39 is 17.7 Å². The van der Waals surface area contributed by atoms with Crippen LogP contribution in [0.5, 0.6) is 5.75 Å². The molecule has 6 nitrogen and oxygen atoms in total. The molecule has 1 aliphatic rings. The molecule has 0 radical (unpaired) electrons. The Kier molecular flexibility index (Phi) is 6.75. The van der Waals surface area contributed by atoms with Crippen LogP contribution in [0.3, 0.4) is 0 Å². The molecule has 0 aliphatic carbocycles. The van der Waals surface area contributed by atoms with Crippen molar-refractivity contribution in [2.75, 3.05) is 26.9 Å². The summed E-state index contributed by atoms with van der Waals surface area (Å²) in [5.74, 6) is -0.866. The first kappa shape index (κ1) is 22.6. The number of ether oxygens (including phenoxy) is 2. The fraction of sp³-hybridized carbons (Fsp3) is 0.259. The Labute approximate surface area is 193 Å². The van der Waals surface area contributed by atoms with Crippen molar-refractivity contribution in [2.24, 2.45) is 0 Å². The number of likely N-dealkylation sites (tertiary alicyclic amines) is 1. The number of fused-ring (bicyclic) bond motifs is 1. The van der Waals surface area contributed by atoms with Crippen LogP contribution in [0.25, 0.3) is 16.5 Å². The molecule has 0 saturated carbocycles. The number of aliphatic hydroxyl groups is 1. The molecule has 1 saturated heterocycles. The highest BCUT2D eigenvalue weighted by atomic mass is 16.5. The van der Waals surface area contributed by atoms with Crippen LogP contribution in [0.1, 0.15) is 30.5 Å². The molecule has 1 amide bonds. The van der Waals surface area contributed by atoms with Gasteiger partial charge in [-0.25, -0.2) is 0 Å². The maximum atomic E-state index is 13.1. The van der Waals surface area contributed by atoms with E-state index >= 15 is 0 Å². The first-order chi connectivity index (χ1) is 16.1. The van der Waals surface area contributed by atoms with Gasteiger partial charge in [-0.2, -0.15) is 0 Å². The van der Waals surface area contributed by atoms with Crippen LogP contribution in [0.4, 0.5) is 0 Å². The molecule has 1 N–H and O–H groups in total. The van der Waals surface area contributed by atoms with Gasteiger partial charge >= 0.3 is 0 Å². The summed E-state index contributed by atoms with van der Waals surface area (Å²) in [6.45, 7) is 3.13. The fourth-order valence-corrected chi connectivity index (χ4v) is 4.20. The van der Waals surface area contributed by atoms with Gasteiger partial charge in [0.1, 0.15) is 11.5 Å². The highest BCUT2D eigenvalue weighted by Crippen LogP contribution is 2.41. The third-order valence-corrected chi connectivity index (χ3v) is 5.79. The zero-order chi connectivity index (χ0) is 23.4. The lowest BCUT2D eigenvalue weighted by Gasteiger charge is -2.26. The predicted octanol–water partition coefficient (Wildman–Crippen LogP) is 4.70. The molecule has 6 heteroatoms. The van der Waals surface area contributed by atoms with Gasteiger partial charge in [0.15, 0.2) is 0 Å². The van der Waals surface area contributed by atoms with Crippen molar-refractivity contribution in [3.05, 3.63) is 83.4 Å². The first-order valence-electron chi connectivity index (χ1n) is 11.0. The summed E-state index contributed by atoms with van der Waals surface area (Å²) < 4.78 is 10.8. The van der Waals surface area contributed by atoms with E-state index in [0.717, 1.165) is 22.8 Å². The minimum atomic E-state index is -0.720. The van der Waals surface area contributed by atoms with Crippen molar-refractivity contribution >= 4 is 28.2 Å². The maximum Gasteiger partial charge on any atom is 0.295 e. The van der Waals surface area contributed by atoms with E-state index in [1.807, 2.05) is 49.4 Å². The van der Waals surface area contributed by atoms with Gasteiger partial charge in [0, 0.05) is 19.2 Å². The maximum absolute atomic E-state index is 13.1. The van der Waals surface area contributed by atoms with Crippen molar-refractivity contribution in [2.45, 2.75) is 19.4 Å². The normalized spacial score (nSPS) is 17.6. The second-order valence-corrected chi connectivity index (χ2v) is 7.93. The zero-order valence-corrected chi connectivity index (χ0v) is 18.8. The minimum absolute atomic E-state index is 0.0784. The number of Topliss-reactive ketones (excluding diaryl/α,β-unsaturated/α-hetero) is 1. The molecule has 0 spiro atoms. The Bertz CT molecular complexity index is 1190. The molecule has 1 fully saturated rings. The van der Waals surface area contributed by atoms with E-state index in [-0.39, 0.29) is 24.5 Å². The molecule has 1 heterocycles. The molecule has 1 atom stereocenters. The van der Waals surface area contributed by atoms with Crippen molar-refractivity contribution in [1.82, 2.24) is 4.90 Å². The molecule has 170 valence electrons. The summed E-state index contributed by atoms with van der Waals surface area (Å²) in [5.41, 5.74) is 1.32. The van der Waals surface area contributed by atoms with E-state index in [0.29, 0.717) is 17.9 Å². The summed E-state index contributed by atoms with van der Waals surface area (Å²) in [6.07, 6.45) is 0.887. The Morgan fingerprint density at radius 2 is 1.70 bits per heavy atom. The van der Waals surface area contributed by atoms with Gasteiger partial charge in [0.25, 0.3) is 11.7 Å². The Hall–Kier alpha value is -3.64. The number of hydrogen-bond donors (Lipinski definition) is 1. The lowest BCUT2D eigenvalue weighted by atomic mass is 9.91. The van der Waals surface area contributed by atoms with Gasteiger partial charge in [0.2, 0.25) is 0 Å². The molecular weight excluding hydrogens is 418 g/mol. The van der Waals surface area contributed by atoms with E-state index in [1.54, 1.807) is 31.4 Å². The summed E-state index contributed by atoms with van der Waals surface area (Å²) in [4.78, 5) is 27.6. The Balaban J connectivity index is 1.85. The lowest BCUT2D eigenvalue weighted by molar-refractivity contribution is -0.140. The number of amides is 1. The van der Waals surface area contributed by atoms with E-state index in [1.165, 1.54) is 4.90 Å². The van der Waals surface area contributed by atoms with Crippen LogP contribution in [0, 0.1) is 0 Å². The SMILES string of the molecule is CCCOc1ccc(/C(O)=C2/C(=O)C(=O)N(CCOC)C2c2cccc3ccccc23)cc1. The molecule has 1 unspecified atom stereocenters. The van der Waals surface area contributed by atoms with Gasteiger partial charge in [0.05, 0.1) is 24.8 Å². The number of hydrogen-bond acceptors (Lipinski definition) is 5. The van der Waals surface area contributed by atoms with Crippen LogP contribution >= 0.6 is 0 Å². The van der Waals surface area contributed by atoms with Gasteiger partial charge in [-0.15, -0.1) is 0 Å². The van der Waals surface area contributed by atoms with Crippen molar-refractivity contribution in [3.8, 4) is 5.75 Å². The standard InChI is InChI=1S/C27H27NO5/c1-3-16-33-20-13-11-19(12-14-20)25(29)23-24(28(15-17-32-2)27(31)26(23)30)22-10-6-8-18-7-4-5-9-21(18)22/h4-14,24,29H,3,15-17H2,1-2H3/b25-23-. The molecule has 33 heavy (non-hydrogen) atoms. The second-order valence-electron chi connectivity index (χ2n) is 7.93. The highest BCUT2D eigenvalue weighted by Gasteiger charge is 2.46. The minimum Gasteiger partial charge on any atom is -0.507 e. The lowest BCUT2D eigenvalue weighted by Crippen LogP contribution is -2.32. The van der Waals surface area contributed by atoms with Crippen molar-refractivity contribution in [3.63, 3.8) is 0 Å². The van der Waals surface area contributed by atoms with Crippen molar-refractivity contribution in [1.29, 1.82) is 0 Å². The van der Waals surface area contributed by atoms with E-state index in [9.17, 15) is 14.7 Å². The summed E-state index contributed by atoms with van der Waals surface area (Å²) in [7, 11) is 1.55. The number of rotatable bonds is 8. The number of benzene rings is 3. The van der Waals surface area contributed by atoms with Crippen LogP contribution in [-0.4, -0.2) is 48.6 Å². The average molecular weight is 446 g/mol. The van der Waals surface area contributed by atoms with E-state index in [2.05, 4.69) is 0 Å². The van der Waals surface area contributed by atoms with E-state index in [4.69, 9.17) is 9.47 Å². The van der Waals surface area contributed by atoms with Gasteiger partial charge in [-0.3, -0.25) is 9.59 Å². The molecule has 0 bridgehead atoms. The third kappa shape index (κ3) is 4.34. The highest BCUT2D eigenvalue weighted by molar-refractivity contribution is 6.46. The summed E-state index contributed by atoms with van der Waals surface area (Å²) >= 11 is 0. The van der Waals surface area contributed by atoms with Crippen LogP contribution in [0.15, 0.2) is 72.3 Å². The number of carbonyl (C=O) groups is 2. The molecule has 1 aliphatic heterocycles. The van der Waals surface area contributed by atoms with Crippen LogP contribution in [-0.2, 0) is 14.3 Å². The van der Waals surface area contributed by atoms with Crippen molar-refractivity contribution < 1.29 is 24.2 Å². The number of nitrogens with zero attached hydrogens (tertiary/aromatic N) is 1. The molecule has 4 rings (SSSR count). The van der Waals surface area contributed by atoms with Gasteiger partial charge in [-0.1, -0.05) is 49.4 Å². The third-order valence-electron chi connectivity index (χ3n) is 5.79.